The summed E-state index contributed by atoms with van der Waals surface area (Å²) in [6.45, 7) is 6.04. The highest BCUT2D eigenvalue weighted by molar-refractivity contribution is 7.92. The first-order valence-electron chi connectivity index (χ1n) is 8.04. The molecule has 118 valence electrons. The Kier molecular flexibility index (Phi) is 2.74. The number of aryl methyl sites for hydroxylation is 1. The van der Waals surface area contributed by atoms with Crippen LogP contribution in [0.25, 0.3) is 0 Å². The Labute approximate surface area is 132 Å². The zero-order valence-corrected chi connectivity index (χ0v) is 14.1. The summed E-state index contributed by atoms with van der Waals surface area (Å²) >= 11 is 0. The van der Waals surface area contributed by atoms with Crippen LogP contribution in [0.1, 0.15) is 38.7 Å². The van der Waals surface area contributed by atoms with Crippen LogP contribution >= 0.6 is 0 Å². The molecule has 0 saturated heterocycles. The molecule has 4 atom stereocenters. The third-order valence-corrected chi connectivity index (χ3v) is 8.38. The molecule has 0 aromatic heterocycles. The van der Waals surface area contributed by atoms with E-state index in [1.54, 1.807) is 12.1 Å². The predicted octanol–water partition coefficient (Wildman–Crippen LogP) is 3.76. The molecule has 4 nitrogen and oxygen atoms in total. The molecule has 5 heteroatoms. The van der Waals surface area contributed by atoms with E-state index in [1.807, 2.05) is 32.9 Å². The lowest BCUT2D eigenvalue weighted by Gasteiger charge is -2.39. The fraction of sp³-hybridized carbons (Fsp3) is 0.647. The van der Waals surface area contributed by atoms with Crippen LogP contribution in [-0.4, -0.2) is 18.8 Å². The minimum Gasteiger partial charge on any atom is -0.221 e. The second kappa shape index (κ2) is 4.19. The largest absolute Gasteiger partial charge is 0.221 e. The fourth-order valence-electron chi connectivity index (χ4n) is 5.13. The minimum atomic E-state index is -3.52. The first kappa shape index (κ1) is 14.4. The summed E-state index contributed by atoms with van der Waals surface area (Å²) in [5, 5.41) is 8.89. The monoisotopic (exact) mass is 318 g/mol. The van der Waals surface area contributed by atoms with E-state index in [-0.39, 0.29) is 17.4 Å². The first-order chi connectivity index (χ1) is 10.3. The van der Waals surface area contributed by atoms with Gasteiger partial charge in [-0.15, -0.1) is 0 Å². The molecule has 0 radical (unpaired) electrons. The topological polar surface area (TPSA) is 58.9 Å². The van der Waals surface area contributed by atoms with E-state index in [0.717, 1.165) is 24.8 Å². The van der Waals surface area contributed by atoms with Gasteiger partial charge in [-0.05, 0) is 58.1 Å². The smallest absolute Gasteiger partial charge is 0.206 e. The van der Waals surface area contributed by atoms with Crippen LogP contribution in [0.2, 0.25) is 0 Å². The summed E-state index contributed by atoms with van der Waals surface area (Å²) in [6, 6.07) is 7.18. The molecular weight excluding hydrogens is 296 g/mol. The number of sulfone groups is 1. The van der Waals surface area contributed by atoms with Crippen molar-refractivity contribution in [3.8, 4) is 0 Å². The Morgan fingerprint density at radius 1 is 1.09 bits per heavy atom. The van der Waals surface area contributed by atoms with Crippen LogP contribution in [0.3, 0.4) is 0 Å². The van der Waals surface area contributed by atoms with Gasteiger partial charge in [0.2, 0.25) is 9.84 Å². The van der Waals surface area contributed by atoms with Gasteiger partial charge in [-0.2, -0.15) is 10.2 Å². The van der Waals surface area contributed by atoms with Crippen molar-refractivity contribution in [2.75, 3.05) is 0 Å². The summed E-state index contributed by atoms with van der Waals surface area (Å²) in [5.41, 5.74) is 0.687. The molecule has 4 rings (SSSR count). The van der Waals surface area contributed by atoms with Crippen molar-refractivity contribution in [3.05, 3.63) is 29.8 Å². The average molecular weight is 318 g/mol. The van der Waals surface area contributed by atoms with Crippen LogP contribution in [0.4, 0.5) is 0 Å². The molecule has 2 saturated carbocycles. The van der Waals surface area contributed by atoms with Gasteiger partial charge in [-0.3, -0.25) is 0 Å². The van der Waals surface area contributed by atoms with Crippen LogP contribution in [0, 0.1) is 24.7 Å². The quantitative estimate of drug-likeness (QED) is 0.833. The Morgan fingerprint density at radius 2 is 1.77 bits per heavy atom. The molecule has 3 aliphatic rings. The lowest BCUT2D eigenvalue weighted by atomic mass is 9.74. The molecule has 2 fully saturated rings. The van der Waals surface area contributed by atoms with Gasteiger partial charge in [0.1, 0.15) is 0 Å². The van der Waals surface area contributed by atoms with E-state index < -0.39 is 14.7 Å². The number of hydrogen-bond acceptors (Lipinski definition) is 4. The third kappa shape index (κ3) is 1.55. The van der Waals surface area contributed by atoms with Crippen molar-refractivity contribution in [1.29, 1.82) is 0 Å². The highest BCUT2D eigenvalue weighted by Crippen LogP contribution is 2.66. The maximum absolute atomic E-state index is 13.5. The first-order valence-corrected chi connectivity index (χ1v) is 9.53. The fourth-order valence-corrected chi connectivity index (χ4v) is 7.62. The Balaban J connectivity index is 1.90. The molecule has 2 bridgehead atoms. The molecule has 1 aromatic rings. The van der Waals surface area contributed by atoms with Crippen LogP contribution < -0.4 is 0 Å². The number of benzene rings is 1. The summed E-state index contributed by atoms with van der Waals surface area (Å²) in [7, 11) is -3.52. The van der Waals surface area contributed by atoms with E-state index in [1.165, 1.54) is 0 Å². The lowest BCUT2D eigenvalue weighted by molar-refractivity contribution is 0.207. The van der Waals surface area contributed by atoms with E-state index in [2.05, 4.69) is 10.2 Å². The molecule has 0 amide bonds. The molecule has 22 heavy (non-hydrogen) atoms. The van der Waals surface area contributed by atoms with Crippen molar-refractivity contribution in [3.63, 3.8) is 0 Å². The van der Waals surface area contributed by atoms with Crippen LogP contribution in [0.15, 0.2) is 39.4 Å². The van der Waals surface area contributed by atoms with Gasteiger partial charge in [0.25, 0.3) is 0 Å². The van der Waals surface area contributed by atoms with Gasteiger partial charge in [0.15, 0.2) is 4.87 Å². The van der Waals surface area contributed by atoms with Crippen molar-refractivity contribution in [1.82, 2.24) is 0 Å². The van der Waals surface area contributed by atoms with Gasteiger partial charge in [-0.1, -0.05) is 17.7 Å². The number of nitrogens with zero attached hydrogens (tertiary/aromatic N) is 2. The summed E-state index contributed by atoms with van der Waals surface area (Å²) in [5.74, 6) is 0.583. The SMILES string of the molecule is Cc1ccc(S(=O)(=O)[C@@]23N=NC(C)(C)[C@H]2[C@H]2CC[C@@H]3C2)cc1. The molecule has 0 N–H and O–H groups in total. The highest BCUT2D eigenvalue weighted by atomic mass is 32.2. The van der Waals surface area contributed by atoms with E-state index in [0.29, 0.717) is 10.8 Å². The molecule has 1 heterocycles. The lowest BCUT2D eigenvalue weighted by Crippen LogP contribution is -2.51. The van der Waals surface area contributed by atoms with Gasteiger partial charge in [0.05, 0.1) is 10.4 Å². The van der Waals surface area contributed by atoms with Gasteiger partial charge in [0, 0.05) is 11.8 Å². The Bertz CT molecular complexity index is 751. The molecule has 0 unspecified atom stereocenters. The van der Waals surface area contributed by atoms with Gasteiger partial charge >= 0.3 is 0 Å². The standard InChI is InChI=1S/C17H22N2O2S/c1-11-4-8-14(9-5-11)22(20,21)17-13-7-6-12(10-13)15(17)16(2,3)18-19-17/h4-5,8-9,12-13,15H,6-7,10H2,1-3H3/t12-,13+,15+,17+/m0/s1. The Hall–Kier alpha value is -1.23. The maximum atomic E-state index is 13.5. The van der Waals surface area contributed by atoms with Gasteiger partial charge in [-0.25, -0.2) is 8.42 Å². The zero-order valence-electron chi connectivity index (χ0n) is 13.3. The third-order valence-electron chi connectivity index (χ3n) is 5.96. The number of azo groups is 1. The maximum Gasteiger partial charge on any atom is 0.206 e. The summed E-state index contributed by atoms with van der Waals surface area (Å²) < 4.78 is 26.9. The molecular formula is C17H22N2O2S. The van der Waals surface area contributed by atoms with Crippen molar-refractivity contribution < 1.29 is 8.42 Å². The predicted molar refractivity (Wildman–Crippen MR) is 84.4 cm³/mol. The summed E-state index contributed by atoms with van der Waals surface area (Å²) in [6.07, 6.45) is 3.06. The normalized spacial score (nSPS) is 38.4. The second-order valence-electron chi connectivity index (χ2n) is 7.67. The van der Waals surface area contributed by atoms with Crippen molar-refractivity contribution in [2.24, 2.45) is 28.0 Å². The highest BCUT2D eigenvalue weighted by Gasteiger charge is 2.72. The number of rotatable bonds is 2. The number of fused-ring (bicyclic) bond motifs is 5. The molecule has 1 aromatic carbocycles. The zero-order chi connectivity index (χ0) is 15.8. The van der Waals surface area contributed by atoms with E-state index in [9.17, 15) is 8.42 Å². The average Bonchev–Trinajstić information content (AvgIpc) is 3.11. The van der Waals surface area contributed by atoms with E-state index in [4.69, 9.17) is 0 Å². The summed E-state index contributed by atoms with van der Waals surface area (Å²) in [4.78, 5) is -0.624. The van der Waals surface area contributed by atoms with Crippen molar-refractivity contribution >= 4 is 9.84 Å². The Morgan fingerprint density at radius 3 is 2.45 bits per heavy atom. The molecule has 2 aliphatic carbocycles. The molecule has 1 aliphatic heterocycles. The van der Waals surface area contributed by atoms with Crippen LogP contribution in [0.5, 0.6) is 0 Å². The van der Waals surface area contributed by atoms with Gasteiger partial charge < -0.3 is 0 Å². The minimum absolute atomic E-state index is 0.0186. The number of hydrogen-bond donors (Lipinski definition) is 0. The van der Waals surface area contributed by atoms with E-state index >= 15 is 0 Å². The van der Waals surface area contributed by atoms with Crippen molar-refractivity contribution in [2.45, 2.75) is 55.3 Å². The van der Waals surface area contributed by atoms with Crippen LogP contribution in [-0.2, 0) is 9.84 Å². The molecule has 0 spiro atoms. The second-order valence-corrected chi connectivity index (χ2v) is 9.80.